The highest BCUT2D eigenvalue weighted by atomic mass is 16.3. The number of nitrogens with zero attached hydrogens (tertiary/aromatic N) is 2. The van der Waals surface area contributed by atoms with Crippen LogP contribution in [0, 0.1) is 11.3 Å². The molecule has 2 heterocycles. The maximum atomic E-state index is 12.1. The molecule has 0 radical (unpaired) electrons. The van der Waals surface area contributed by atoms with E-state index in [2.05, 4.69) is 0 Å². The molecule has 1 aromatic carbocycles. The van der Waals surface area contributed by atoms with E-state index in [9.17, 15) is 4.79 Å². The van der Waals surface area contributed by atoms with Gasteiger partial charge in [0.1, 0.15) is 17.3 Å². The molecule has 0 saturated carbocycles. The van der Waals surface area contributed by atoms with Crippen LogP contribution in [0.2, 0.25) is 0 Å². The number of rotatable bonds is 3. The van der Waals surface area contributed by atoms with E-state index in [1.165, 1.54) is 0 Å². The molecule has 0 amide bonds. The number of hydrogen-bond donors (Lipinski definition) is 0. The van der Waals surface area contributed by atoms with Crippen molar-refractivity contribution in [3.63, 3.8) is 0 Å². The third kappa shape index (κ3) is 2.02. The van der Waals surface area contributed by atoms with E-state index >= 15 is 0 Å². The summed E-state index contributed by atoms with van der Waals surface area (Å²) in [4.78, 5) is 12.1. The number of aromatic nitrogens is 1. The lowest BCUT2D eigenvalue weighted by molar-refractivity contribution is 0.0947. The van der Waals surface area contributed by atoms with Gasteiger partial charge in [0, 0.05) is 11.6 Å². The van der Waals surface area contributed by atoms with Gasteiger partial charge in [0.15, 0.2) is 5.76 Å². The summed E-state index contributed by atoms with van der Waals surface area (Å²) in [5, 5.41) is 9.80. The Morgan fingerprint density at radius 3 is 2.89 bits per heavy atom. The summed E-state index contributed by atoms with van der Waals surface area (Å²) in [6.07, 6.45) is 1.71. The van der Waals surface area contributed by atoms with E-state index in [-0.39, 0.29) is 12.3 Å². The quantitative estimate of drug-likeness (QED) is 0.671. The molecule has 0 atom stereocenters. The topological polar surface area (TPSA) is 58.9 Å². The first kappa shape index (κ1) is 11.3. The van der Waals surface area contributed by atoms with Gasteiger partial charge in [0.05, 0.1) is 6.54 Å². The van der Waals surface area contributed by atoms with Crippen molar-refractivity contribution in [2.45, 2.75) is 6.54 Å². The van der Waals surface area contributed by atoms with E-state index < -0.39 is 0 Å². The number of carbonyl (C=O) groups excluding carboxylic acids is 1. The van der Waals surface area contributed by atoms with Gasteiger partial charge < -0.3 is 8.98 Å². The average Bonchev–Trinajstić information content (AvgIpc) is 3.03. The normalized spacial score (nSPS) is 10.5. The molecule has 3 aromatic rings. The van der Waals surface area contributed by atoms with Crippen LogP contribution >= 0.6 is 0 Å². The number of Topliss-reactive ketones (excluding diaryl/α,β-unsaturated/α-hetero) is 1. The van der Waals surface area contributed by atoms with Crippen molar-refractivity contribution in [3.05, 3.63) is 60.1 Å². The smallest absolute Gasteiger partial charge is 0.217 e. The van der Waals surface area contributed by atoms with E-state index in [0.717, 1.165) is 5.39 Å². The van der Waals surface area contributed by atoms with Gasteiger partial charge in [-0.1, -0.05) is 18.2 Å². The Morgan fingerprint density at radius 1 is 1.26 bits per heavy atom. The molecule has 0 fully saturated rings. The van der Waals surface area contributed by atoms with Crippen molar-refractivity contribution >= 4 is 16.8 Å². The SMILES string of the molecule is N#Cc1cccn1CC(=O)c1cc2ccccc2o1. The first-order chi connectivity index (χ1) is 9.28. The molecule has 92 valence electrons. The monoisotopic (exact) mass is 250 g/mol. The van der Waals surface area contributed by atoms with Gasteiger partial charge in [-0.2, -0.15) is 5.26 Å². The van der Waals surface area contributed by atoms with E-state index in [1.54, 1.807) is 29.0 Å². The predicted octanol–water partition coefficient (Wildman–Crippen LogP) is 2.99. The van der Waals surface area contributed by atoms with Crippen molar-refractivity contribution in [3.8, 4) is 6.07 Å². The van der Waals surface area contributed by atoms with Crippen molar-refractivity contribution in [2.24, 2.45) is 0 Å². The van der Waals surface area contributed by atoms with Gasteiger partial charge in [0.25, 0.3) is 0 Å². The van der Waals surface area contributed by atoms with Crippen molar-refractivity contribution in [1.29, 1.82) is 5.26 Å². The highest BCUT2D eigenvalue weighted by Gasteiger charge is 2.13. The Kier molecular flexibility index (Phi) is 2.66. The molecule has 0 bridgehead atoms. The molecular formula is C15H10N2O2. The number of fused-ring (bicyclic) bond motifs is 1. The minimum absolute atomic E-state index is 0.107. The summed E-state index contributed by atoms with van der Waals surface area (Å²) in [6, 6.07) is 14.7. The second-order valence-corrected chi connectivity index (χ2v) is 4.20. The molecule has 0 aliphatic carbocycles. The van der Waals surface area contributed by atoms with Gasteiger partial charge in [-0.3, -0.25) is 4.79 Å². The van der Waals surface area contributed by atoms with Crippen LogP contribution in [-0.2, 0) is 6.54 Å². The number of benzene rings is 1. The Labute approximate surface area is 109 Å². The van der Waals surface area contributed by atoms with Crippen LogP contribution in [0.5, 0.6) is 0 Å². The second-order valence-electron chi connectivity index (χ2n) is 4.20. The Bertz CT molecular complexity index is 757. The number of para-hydroxylation sites is 1. The molecule has 0 aliphatic heterocycles. The van der Waals surface area contributed by atoms with Gasteiger partial charge in [-0.05, 0) is 24.3 Å². The van der Waals surface area contributed by atoms with E-state index in [0.29, 0.717) is 17.0 Å². The number of furan rings is 1. The standard InChI is InChI=1S/C15H10N2O2/c16-9-12-5-3-7-17(12)10-13(18)15-8-11-4-1-2-6-14(11)19-15/h1-8H,10H2. The average molecular weight is 250 g/mol. The summed E-state index contributed by atoms with van der Waals surface area (Å²) in [5.74, 6) is 0.169. The lowest BCUT2D eigenvalue weighted by atomic mass is 10.2. The summed E-state index contributed by atoms with van der Waals surface area (Å²) in [5.41, 5.74) is 1.16. The van der Waals surface area contributed by atoms with Crippen molar-refractivity contribution in [2.75, 3.05) is 0 Å². The Hall–Kier alpha value is -2.80. The zero-order valence-corrected chi connectivity index (χ0v) is 10.0. The van der Waals surface area contributed by atoms with E-state index in [1.807, 2.05) is 30.3 Å². The van der Waals surface area contributed by atoms with Crippen molar-refractivity contribution < 1.29 is 9.21 Å². The molecule has 3 rings (SSSR count). The van der Waals surface area contributed by atoms with Crippen LogP contribution in [0.25, 0.3) is 11.0 Å². The third-order valence-corrected chi connectivity index (χ3v) is 2.96. The first-order valence-electron chi connectivity index (χ1n) is 5.85. The zero-order valence-electron chi connectivity index (χ0n) is 10.0. The summed E-state index contributed by atoms with van der Waals surface area (Å²) in [6.45, 7) is 0.107. The molecule has 0 spiro atoms. The highest BCUT2D eigenvalue weighted by molar-refractivity contribution is 5.97. The zero-order chi connectivity index (χ0) is 13.2. The predicted molar refractivity (Wildman–Crippen MR) is 69.7 cm³/mol. The molecule has 0 saturated heterocycles. The molecular weight excluding hydrogens is 240 g/mol. The summed E-state index contributed by atoms with van der Waals surface area (Å²) < 4.78 is 7.11. The number of hydrogen-bond acceptors (Lipinski definition) is 3. The molecule has 4 heteroatoms. The largest absolute Gasteiger partial charge is 0.453 e. The molecule has 19 heavy (non-hydrogen) atoms. The maximum absolute atomic E-state index is 12.1. The van der Waals surface area contributed by atoms with Crippen LogP contribution in [0.4, 0.5) is 0 Å². The number of ketones is 1. The van der Waals surface area contributed by atoms with E-state index in [4.69, 9.17) is 9.68 Å². The van der Waals surface area contributed by atoms with Gasteiger partial charge in [0.2, 0.25) is 5.78 Å². The van der Waals surface area contributed by atoms with Crippen LogP contribution in [0.3, 0.4) is 0 Å². The van der Waals surface area contributed by atoms with Gasteiger partial charge >= 0.3 is 0 Å². The van der Waals surface area contributed by atoms with Crippen LogP contribution in [-0.4, -0.2) is 10.4 Å². The highest BCUT2D eigenvalue weighted by Crippen LogP contribution is 2.19. The Balaban J connectivity index is 1.90. The second kappa shape index (κ2) is 4.46. The first-order valence-corrected chi connectivity index (χ1v) is 5.85. The lowest BCUT2D eigenvalue weighted by Gasteiger charge is -2.01. The van der Waals surface area contributed by atoms with Crippen LogP contribution in [0.15, 0.2) is 53.1 Å². The fourth-order valence-corrected chi connectivity index (χ4v) is 2.01. The maximum Gasteiger partial charge on any atom is 0.217 e. The molecule has 0 unspecified atom stereocenters. The van der Waals surface area contributed by atoms with Crippen molar-refractivity contribution in [1.82, 2.24) is 4.57 Å². The van der Waals surface area contributed by atoms with Gasteiger partial charge in [-0.15, -0.1) is 0 Å². The molecule has 0 aliphatic rings. The third-order valence-electron chi connectivity index (χ3n) is 2.96. The fraction of sp³-hybridized carbons (Fsp3) is 0.0667. The van der Waals surface area contributed by atoms with Gasteiger partial charge in [-0.25, -0.2) is 0 Å². The van der Waals surface area contributed by atoms with Crippen LogP contribution < -0.4 is 0 Å². The number of carbonyl (C=O) groups is 1. The Morgan fingerprint density at radius 2 is 2.11 bits per heavy atom. The minimum Gasteiger partial charge on any atom is -0.453 e. The fourth-order valence-electron chi connectivity index (χ4n) is 2.01. The lowest BCUT2D eigenvalue weighted by Crippen LogP contribution is -2.10. The van der Waals surface area contributed by atoms with Crippen LogP contribution in [0.1, 0.15) is 16.2 Å². The number of nitriles is 1. The summed E-state index contributed by atoms with van der Waals surface area (Å²) in [7, 11) is 0. The molecule has 0 N–H and O–H groups in total. The summed E-state index contributed by atoms with van der Waals surface area (Å²) >= 11 is 0. The molecule has 4 nitrogen and oxygen atoms in total. The molecule has 2 aromatic heterocycles. The minimum atomic E-state index is -0.149.